The standard InChI is InChI=1S/C16H13FN2O4/c17-13-6-5-12(19(21)22)8-14(13)18-16(20)11-7-10-3-1-2-4-15(10)23-9-11/h1-6,8,11H,7,9H2,(H,18,20). The Morgan fingerprint density at radius 2 is 2.09 bits per heavy atom. The molecule has 1 atom stereocenters. The highest BCUT2D eigenvalue weighted by Crippen LogP contribution is 2.28. The van der Waals surface area contributed by atoms with Gasteiger partial charge in [0.25, 0.3) is 5.69 Å². The molecule has 1 N–H and O–H groups in total. The Bertz CT molecular complexity index is 778. The van der Waals surface area contributed by atoms with Gasteiger partial charge < -0.3 is 10.1 Å². The monoisotopic (exact) mass is 316 g/mol. The second-order valence-corrected chi connectivity index (χ2v) is 5.23. The van der Waals surface area contributed by atoms with Gasteiger partial charge in [-0.25, -0.2) is 4.39 Å². The van der Waals surface area contributed by atoms with E-state index in [1.54, 1.807) is 0 Å². The zero-order valence-electron chi connectivity index (χ0n) is 12.0. The number of fused-ring (bicyclic) bond motifs is 1. The van der Waals surface area contributed by atoms with Crippen molar-refractivity contribution in [3.8, 4) is 5.75 Å². The van der Waals surface area contributed by atoms with E-state index < -0.39 is 22.6 Å². The lowest BCUT2D eigenvalue weighted by molar-refractivity contribution is -0.384. The zero-order chi connectivity index (χ0) is 16.4. The number of carbonyl (C=O) groups is 1. The van der Waals surface area contributed by atoms with Crippen LogP contribution in [0.4, 0.5) is 15.8 Å². The molecule has 3 rings (SSSR count). The molecule has 2 aromatic carbocycles. The van der Waals surface area contributed by atoms with E-state index in [1.807, 2.05) is 24.3 Å². The molecule has 0 aliphatic carbocycles. The fourth-order valence-electron chi connectivity index (χ4n) is 2.45. The number of anilines is 1. The maximum absolute atomic E-state index is 13.7. The van der Waals surface area contributed by atoms with Crippen LogP contribution in [0.25, 0.3) is 0 Å². The van der Waals surface area contributed by atoms with Crippen molar-refractivity contribution in [2.24, 2.45) is 5.92 Å². The molecule has 0 fully saturated rings. The molecule has 1 amide bonds. The summed E-state index contributed by atoms with van der Waals surface area (Å²) in [4.78, 5) is 22.4. The molecule has 1 unspecified atom stereocenters. The molecule has 0 saturated carbocycles. The van der Waals surface area contributed by atoms with E-state index >= 15 is 0 Å². The third-order valence-corrected chi connectivity index (χ3v) is 3.67. The summed E-state index contributed by atoms with van der Waals surface area (Å²) in [5, 5.41) is 13.1. The Morgan fingerprint density at radius 3 is 2.87 bits per heavy atom. The van der Waals surface area contributed by atoms with Crippen LogP contribution in [0.2, 0.25) is 0 Å². The van der Waals surface area contributed by atoms with Crippen molar-refractivity contribution < 1.29 is 18.8 Å². The summed E-state index contributed by atoms with van der Waals surface area (Å²) in [5.41, 5.74) is 0.411. The summed E-state index contributed by atoms with van der Waals surface area (Å²) in [6.07, 6.45) is 0.471. The quantitative estimate of drug-likeness (QED) is 0.697. The predicted molar refractivity (Wildman–Crippen MR) is 80.8 cm³/mol. The molecule has 1 aliphatic rings. The molecule has 118 valence electrons. The number of carbonyl (C=O) groups excluding carboxylic acids is 1. The van der Waals surface area contributed by atoms with Crippen molar-refractivity contribution in [1.29, 1.82) is 0 Å². The van der Waals surface area contributed by atoms with Crippen LogP contribution in [0.5, 0.6) is 5.75 Å². The summed E-state index contributed by atoms with van der Waals surface area (Å²) in [5.74, 6) is -0.901. The Labute approximate surface area is 131 Å². The number of amides is 1. The second kappa shape index (κ2) is 6.04. The third kappa shape index (κ3) is 3.13. The topological polar surface area (TPSA) is 81.5 Å². The molecule has 0 spiro atoms. The highest BCUT2D eigenvalue weighted by molar-refractivity contribution is 5.93. The minimum atomic E-state index is -0.721. The zero-order valence-corrected chi connectivity index (χ0v) is 12.0. The van der Waals surface area contributed by atoms with Crippen LogP contribution in [0, 0.1) is 21.8 Å². The molecule has 23 heavy (non-hydrogen) atoms. The Balaban J connectivity index is 1.75. The number of halogens is 1. The van der Waals surface area contributed by atoms with Gasteiger partial charge in [-0.1, -0.05) is 18.2 Å². The molecule has 1 aliphatic heterocycles. The molecule has 0 aromatic heterocycles. The molecule has 7 heteroatoms. The molecular weight excluding hydrogens is 303 g/mol. The summed E-state index contributed by atoms with van der Waals surface area (Å²) < 4.78 is 19.3. The smallest absolute Gasteiger partial charge is 0.271 e. The van der Waals surface area contributed by atoms with Crippen LogP contribution in [0.15, 0.2) is 42.5 Å². The normalized spacial score (nSPS) is 16.1. The highest BCUT2D eigenvalue weighted by atomic mass is 19.1. The van der Waals surface area contributed by atoms with Gasteiger partial charge in [0.05, 0.1) is 16.5 Å². The number of ether oxygens (including phenoxy) is 1. The molecule has 2 aromatic rings. The minimum absolute atomic E-state index is 0.180. The average molecular weight is 316 g/mol. The van der Waals surface area contributed by atoms with Crippen molar-refractivity contribution in [3.63, 3.8) is 0 Å². The Hall–Kier alpha value is -2.96. The van der Waals surface area contributed by atoms with E-state index in [2.05, 4.69) is 5.32 Å². The van der Waals surface area contributed by atoms with Crippen LogP contribution < -0.4 is 10.1 Å². The van der Waals surface area contributed by atoms with Crippen molar-refractivity contribution in [1.82, 2.24) is 0 Å². The lowest BCUT2D eigenvalue weighted by Gasteiger charge is -2.24. The molecule has 0 bridgehead atoms. The molecule has 6 nitrogen and oxygen atoms in total. The fourth-order valence-corrected chi connectivity index (χ4v) is 2.45. The van der Waals surface area contributed by atoms with Gasteiger partial charge in [-0.2, -0.15) is 0 Å². The largest absolute Gasteiger partial charge is 0.492 e. The number of nitro groups is 1. The van der Waals surface area contributed by atoms with Crippen LogP contribution >= 0.6 is 0 Å². The van der Waals surface area contributed by atoms with Gasteiger partial charge in [0.2, 0.25) is 5.91 Å². The number of non-ortho nitro benzene ring substituents is 1. The highest BCUT2D eigenvalue weighted by Gasteiger charge is 2.26. The van der Waals surface area contributed by atoms with E-state index in [0.29, 0.717) is 6.42 Å². The van der Waals surface area contributed by atoms with Crippen molar-refractivity contribution in [2.75, 3.05) is 11.9 Å². The van der Waals surface area contributed by atoms with E-state index in [0.717, 1.165) is 29.5 Å². The number of para-hydroxylation sites is 1. The first kappa shape index (κ1) is 15.0. The number of hydrogen-bond donors (Lipinski definition) is 1. The summed E-state index contributed by atoms with van der Waals surface area (Å²) >= 11 is 0. The van der Waals surface area contributed by atoms with Gasteiger partial charge >= 0.3 is 0 Å². The van der Waals surface area contributed by atoms with Gasteiger partial charge in [-0.3, -0.25) is 14.9 Å². The number of nitrogens with zero attached hydrogens (tertiary/aromatic N) is 1. The van der Waals surface area contributed by atoms with Gasteiger partial charge in [-0.05, 0) is 24.1 Å². The van der Waals surface area contributed by atoms with Gasteiger partial charge in [0.15, 0.2) is 0 Å². The van der Waals surface area contributed by atoms with Crippen LogP contribution in [0.1, 0.15) is 5.56 Å². The maximum atomic E-state index is 13.7. The first-order valence-corrected chi connectivity index (χ1v) is 7.00. The number of nitro benzene ring substituents is 1. The third-order valence-electron chi connectivity index (χ3n) is 3.67. The summed E-state index contributed by atoms with van der Waals surface area (Å²) in [7, 11) is 0. The molecular formula is C16H13FN2O4. The average Bonchev–Trinajstić information content (AvgIpc) is 2.56. The molecule has 0 saturated heterocycles. The first-order chi connectivity index (χ1) is 11.0. The van der Waals surface area contributed by atoms with Gasteiger partial charge in [0, 0.05) is 12.1 Å². The lowest BCUT2D eigenvalue weighted by Crippen LogP contribution is -2.32. The predicted octanol–water partition coefficient (Wildman–Crippen LogP) is 2.92. The number of benzene rings is 2. The SMILES string of the molecule is O=C(Nc1cc([N+](=O)[O-])ccc1F)C1COc2ccccc2C1. The van der Waals surface area contributed by atoms with Crippen molar-refractivity contribution >= 4 is 17.3 Å². The first-order valence-electron chi connectivity index (χ1n) is 7.00. The maximum Gasteiger partial charge on any atom is 0.271 e. The Morgan fingerprint density at radius 1 is 1.30 bits per heavy atom. The minimum Gasteiger partial charge on any atom is -0.492 e. The molecule has 1 heterocycles. The van der Waals surface area contributed by atoms with Gasteiger partial charge in [0.1, 0.15) is 18.2 Å². The van der Waals surface area contributed by atoms with Crippen molar-refractivity contribution in [3.05, 3.63) is 64.0 Å². The van der Waals surface area contributed by atoms with Crippen LogP contribution in [-0.2, 0) is 11.2 Å². The van der Waals surface area contributed by atoms with Gasteiger partial charge in [-0.15, -0.1) is 0 Å². The molecule has 0 radical (unpaired) electrons. The number of rotatable bonds is 3. The van der Waals surface area contributed by atoms with E-state index in [9.17, 15) is 19.3 Å². The van der Waals surface area contributed by atoms with E-state index in [-0.39, 0.29) is 18.0 Å². The van der Waals surface area contributed by atoms with Crippen LogP contribution in [-0.4, -0.2) is 17.4 Å². The second-order valence-electron chi connectivity index (χ2n) is 5.23. The lowest BCUT2D eigenvalue weighted by atomic mass is 9.96. The van der Waals surface area contributed by atoms with Crippen LogP contribution in [0.3, 0.4) is 0 Å². The fraction of sp³-hybridized carbons (Fsp3) is 0.188. The number of hydrogen-bond acceptors (Lipinski definition) is 4. The van der Waals surface area contributed by atoms with E-state index in [4.69, 9.17) is 4.74 Å². The summed E-state index contributed by atoms with van der Waals surface area (Å²) in [6.45, 7) is 0.180. The summed E-state index contributed by atoms with van der Waals surface area (Å²) in [6, 6.07) is 10.4. The number of nitrogens with one attached hydrogen (secondary N) is 1. The van der Waals surface area contributed by atoms with E-state index in [1.165, 1.54) is 0 Å². The van der Waals surface area contributed by atoms with Crippen molar-refractivity contribution in [2.45, 2.75) is 6.42 Å². The Kier molecular flexibility index (Phi) is 3.92.